The summed E-state index contributed by atoms with van der Waals surface area (Å²) in [6.07, 6.45) is -1.11. The fraction of sp³-hybridized carbons (Fsp3) is 0.0476. The third-order valence-electron chi connectivity index (χ3n) is 4.01. The molecule has 3 aromatic rings. The van der Waals surface area contributed by atoms with Crippen LogP contribution in [0.4, 0.5) is 5.69 Å². The normalized spacial score (nSPS) is 11.7. The second-order valence-corrected chi connectivity index (χ2v) is 8.07. The lowest BCUT2D eigenvalue weighted by Gasteiger charge is -2.18. The van der Waals surface area contributed by atoms with Gasteiger partial charge in [0.2, 0.25) is 5.78 Å². The van der Waals surface area contributed by atoms with Crippen molar-refractivity contribution in [1.29, 1.82) is 0 Å². The molecule has 3 aromatic carbocycles. The summed E-state index contributed by atoms with van der Waals surface area (Å²) >= 11 is 12.6. The number of nitrogen functional groups attached to an aromatic ring is 1. The lowest BCUT2D eigenvalue weighted by molar-refractivity contribution is 0.0280. The number of ether oxygens (including phenoxy) is 1. The first-order chi connectivity index (χ1) is 13.4. The number of rotatable bonds is 5. The van der Waals surface area contributed by atoms with Gasteiger partial charge in [-0.2, -0.15) is 0 Å². The van der Waals surface area contributed by atoms with Crippen LogP contribution in [-0.4, -0.2) is 11.8 Å². The molecule has 0 aromatic heterocycles. The van der Waals surface area contributed by atoms with E-state index in [0.29, 0.717) is 30.8 Å². The van der Waals surface area contributed by atoms with Gasteiger partial charge in [-0.15, -0.1) is 0 Å². The standard InChI is InChI=1S/C21H14Br2ClNO3/c22-16-10-14(11-17(23)18(16)25)21(27)28-20(13-6-8-15(24)9-7-13)19(26)12-4-2-1-3-5-12/h1-11,20H,25H2/t20-/m1/s1. The smallest absolute Gasteiger partial charge is 0.339 e. The molecule has 0 saturated carbocycles. The Morgan fingerprint density at radius 3 is 2.04 bits per heavy atom. The number of hydrogen-bond donors (Lipinski definition) is 1. The molecule has 28 heavy (non-hydrogen) atoms. The Hall–Kier alpha value is -2.15. The fourth-order valence-corrected chi connectivity index (χ4v) is 3.85. The number of benzene rings is 3. The van der Waals surface area contributed by atoms with Crippen LogP contribution < -0.4 is 5.73 Å². The summed E-state index contributed by atoms with van der Waals surface area (Å²) in [5.74, 6) is -0.976. The number of nitrogens with two attached hydrogens (primary N) is 1. The highest BCUT2D eigenvalue weighted by Gasteiger charge is 2.27. The molecule has 0 aliphatic heterocycles. The van der Waals surface area contributed by atoms with E-state index in [9.17, 15) is 9.59 Å². The minimum absolute atomic E-state index is 0.257. The molecular weight excluding hydrogens is 509 g/mol. The first kappa shape index (κ1) is 20.6. The molecule has 2 N–H and O–H groups in total. The van der Waals surface area contributed by atoms with Crippen molar-refractivity contribution in [3.8, 4) is 0 Å². The summed E-state index contributed by atoms with van der Waals surface area (Å²) in [7, 11) is 0. The van der Waals surface area contributed by atoms with E-state index in [2.05, 4.69) is 31.9 Å². The van der Waals surface area contributed by atoms with E-state index in [1.165, 1.54) is 0 Å². The van der Waals surface area contributed by atoms with Crippen molar-refractivity contribution in [2.75, 3.05) is 5.73 Å². The van der Waals surface area contributed by atoms with Crippen molar-refractivity contribution in [3.63, 3.8) is 0 Å². The van der Waals surface area contributed by atoms with Gasteiger partial charge < -0.3 is 10.5 Å². The SMILES string of the molecule is Nc1c(Br)cc(C(=O)O[C@@H](C(=O)c2ccccc2)c2ccc(Cl)cc2)cc1Br. The van der Waals surface area contributed by atoms with Crippen molar-refractivity contribution in [3.05, 3.63) is 97.4 Å². The number of halogens is 3. The summed E-state index contributed by atoms with van der Waals surface area (Å²) in [6.45, 7) is 0. The number of hydrogen-bond acceptors (Lipinski definition) is 4. The fourth-order valence-electron chi connectivity index (χ4n) is 2.54. The van der Waals surface area contributed by atoms with Crippen LogP contribution in [0.25, 0.3) is 0 Å². The minimum atomic E-state index is -1.11. The highest BCUT2D eigenvalue weighted by molar-refractivity contribution is 9.11. The monoisotopic (exact) mass is 521 g/mol. The molecule has 4 nitrogen and oxygen atoms in total. The van der Waals surface area contributed by atoms with Crippen LogP contribution >= 0.6 is 43.5 Å². The Labute approximate surface area is 183 Å². The van der Waals surface area contributed by atoms with Crippen LogP contribution in [0.1, 0.15) is 32.4 Å². The summed E-state index contributed by atoms with van der Waals surface area (Å²) in [5.41, 5.74) is 7.56. The van der Waals surface area contributed by atoms with Crippen LogP contribution in [0.3, 0.4) is 0 Å². The highest BCUT2D eigenvalue weighted by atomic mass is 79.9. The molecule has 142 valence electrons. The summed E-state index contributed by atoms with van der Waals surface area (Å²) in [6, 6.07) is 18.4. The van der Waals surface area contributed by atoms with Crippen molar-refractivity contribution < 1.29 is 14.3 Å². The Bertz CT molecular complexity index is 1000. The van der Waals surface area contributed by atoms with E-state index in [1.807, 2.05) is 6.07 Å². The highest BCUT2D eigenvalue weighted by Crippen LogP contribution is 2.31. The number of Topliss-reactive ketones (excluding diaryl/α,β-unsaturated/α-hetero) is 1. The van der Waals surface area contributed by atoms with Crippen LogP contribution in [-0.2, 0) is 4.74 Å². The largest absolute Gasteiger partial charge is 0.445 e. The van der Waals surface area contributed by atoms with Crippen molar-refractivity contribution >= 4 is 60.9 Å². The Morgan fingerprint density at radius 1 is 0.893 bits per heavy atom. The Balaban J connectivity index is 1.96. The molecule has 0 spiro atoms. The zero-order chi connectivity index (χ0) is 20.3. The first-order valence-corrected chi connectivity index (χ1v) is 10.1. The van der Waals surface area contributed by atoms with Gasteiger partial charge in [-0.3, -0.25) is 4.79 Å². The Kier molecular flexibility index (Phi) is 6.54. The van der Waals surface area contributed by atoms with Gasteiger partial charge in [-0.1, -0.05) is 54.1 Å². The molecule has 0 saturated heterocycles. The zero-order valence-electron chi connectivity index (χ0n) is 14.4. The molecule has 0 radical (unpaired) electrons. The van der Waals surface area contributed by atoms with Gasteiger partial charge in [0.05, 0.1) is 11.3 Å². The van der Waals surface area contributed by atoms with E-state index in [0.717, 1.165) is 0 Å². The van der Waals surface area contributed by atoms with Crippen molar-refractivity contribution in [2.24, 2.45) is 0 Å². The van der Waals surface area contributed by atoms with Gasteiger partial charge in [0, 0.05) is 25.1 Å². The second kappa shape index (κ2) is 8.90. The van der Waals surface area contributed by atoms with Gasteiger partial charge in [-0.25, -0.2) is 4.79 Å². The molecule has 0 amide bonds. The number of anilines is 1. The van der Waals surface area contributed by atoms with Crippen molar-refractivity contribution in [2.45, 2.75) is 6.10 Å². The molecule has 0 fully saturated rings. The van der Waals surface area contributed by atoms with Crippen molar-refractivity contribution in [1.82, 2.24) is 0 Å². The van der Waals surface area contributed by atoms with Crippen LogP contribution in [0.15, 0.2) is 75.7 Å². The molecule has 7 heteroatoms. The second-order valence-electron chi connectivity index (χ2n) is 5.92. The third-order valence-corrected chi connectivity index (χ3v) is 5.57. The maximum Gasteiger partial charge on any atom is 0.339 e. The van der Waals surface area contributed by atoms with Gasteiger partial charge in [0.15, 0.2) is 6.10 Å². The van der Waals surface area contributed by atoms with Gasteiger partial charge in [-0.05, 0) is 56.1 Å². The maximum atomic E-state index is 13.0. The quantitative estimate of drug-likeness (QED) is 0.245. The average molecular weight is 524 g/mol. The van der Waals surface area contributed by atoms with Crippen LogP contribution in [0.5, 0.6) is 0 Å². The number of carbonyl (C=O) groups excluding carboxylic acids is 2. The predicted molar refractivity (Wildman–Crippen MR) is 117 cm³/mol. The number of esters is 1. The van der Waals surface area contributed by atoms with Crippen LogP contribution in [0.2, 0.25) is 5.02 Å². The lowest BCUT2D eigenvalue weighted by atomic mass is 9.99. The molecule has 0 heterocycles. The van der Waals surface area contributed by atoms with Gasteiger partial charge >= 0.3 is 5.97 Å². The molecule has 0 bridgehead atoms. The van der Waals surface area contributed by atoms with E-state index in [4.69, 9.17) is 22.1 Å². The molecule has 0 aliphatic rings. The summed E-state index contributed by atoms with van der Waals surface area (Å²) in [5, 5.41) is 0.521. The number of ketones is 1. The molecule has 0 aliphatic carbocycles. The summed E-state index contributed by atoms with van der Waals surface area (Å²) < 4.78 is 6.71. The molecule has 3 rings (SSSR count). The zero-order valence-corrected chi connectivity index (χ0v) is 18.3. The first-order valence-electron chi connectivity index (χ1n) is 8.17. The van der Waals surface area contributed by atoms with E-state index in [-0.39, 0.29) is 11.3 Å². The number of carbonyl (C=O) groups is 2. The molecule has 1 atom stereocenters. The topological polar surface area (TPSA) is 69.4 Å². The van der Waals surface area contributed by atoms with E-state index in [1.54, 1.807) is 60.7 Å². The van der Waals surface area contributed by atoms with Gasteiger partial charge in [0.25, 0.3) is 0 Å². The van der Waals surface area contributed by atoms with Crippen LogP contribution in [0, 0.1) is 0 Å². The summed E-state index contributed by atoms with van der Waals surface area (Å²) in [4.78, 5) is 25.8. The molecule has 0 unspecified atom stereocenters. The minimum Gasteiger partial charge on any atom is -0.445 e. The maximum absolute atomic E-state index is 13.0. The Morgan fingerprint density at radius 2 is 1.46 bits per heavy atom. The predicted octanol–water partition coefficient (Wildman–Crippen LogP) is 6.23. The van der Waals surface area contributed by atoms with E-state index < -0.39 is 12.1 Å². The lowest BCUT2D eigenvalue weighted by Crippen LogP contribution is -2.20. The van der Waals surface area contributed by atoms with Gasteiger partial charge in [0.1, 0.15) is 0 Å². The molecular formula is C21H14Br2ClNO3. The van der Waals surface area contributed by atoms with E-state index >= 15 is 0 Å². The third kappa shape index (κ3) is 4.63. The average Bonchev–Trinajstić information content (AvgIpc) is 2.70.